The average Bonchev–Trinajstić information content (AvgIpc) is 2.14. The van der Waals surface area contributed by atoms with Gasteiger partial charge in [0.25, 0.3) is 5.60 Å². The van der Waals surface area contributed by atoms with Crippen molar-refractivity contribution in [3.63, 3.8) is 0 Å². The van der Waals surface area contributed by atoms with Gasteiger partial charge in [-0.25, -0.2) is 0 Å². The first-order valence-electron chi connectivity index (χ1n) is 4.73. The normalized spacial score (nSPS) is 18.8. The second-order valence-corrected chi connectivity index (χ2v) is 3.91. The van der Waals surface area contributed by atoms with E-state index in [9.17, 15) is 26.3 Å². The van der Waals surface area contributed by atoms with E-state index in [1.807, 2.05) is 0 Å². The van der Waals surface area contributed by atoms with Gasteiger partial charge in [-0.3, -0.25) is 0 Å². The van der Waals surface area contributed by atoms with E-state index in [0.717, 1.165) is 6.08 Å². The highest BCUT2D eigenvalue weighted by Crippen LogP contribution is 2.49. The summed E-state index contributed by atoms with van der Waals surface area (Å²) < 4.78 is 74.7. The first-order valence-corrected chi connectivity index (χ1v) is 4.73. The molecule has 0 aliphatic heterocycles. The Morgan fingerprint density at radius 3 is 1.71 bits per heavy atom. The van der Waals surface area contributed by atoms with E-state index in [0.29, 0.717) is 11.6 Å². The zero-order valence-electron chi connectivity index (χ0n) is 8.78. The molecule has 0 fully saturated rings. The SMILES string of the molecule is CC1=CC=C(C(O)(C(F)(F)F)C(F)(F)F)CC1. The minimum Gasteiger partial charge on any atom is -0.370 e. The summed E-state index contributed by atoms with van der Waals surface area (Å²) in [6.45, 7) is 1.59. The lowest BCUT2D eigenvalue weighted by atomic mass is 9.84. The predicted molar refractivity (Wildman–Crippen MR) is 48.1 cm³/mol. The molecule has 0 aromatic carbocycles. The van der Waals surface area contributed by atoms with Crippen LogP contribution in [0.2, 0.25) is 0 Å². The van der Waals surface area contributed by atoms with Gasteiger partial charge in [0.2, 0.25) is 0 Å². The first kappa shape index (κ1) is 14.1. The highest BCUT2D eigenvalue weighted by molar-refractivity contribution is 5.32. The lowest BCUT2D eigenvalue weighted by molar-refractivity contribution is -0.352. The molecule has 1 rings (SSSR count). The lowest BCUT2D eigenvalue weighted by Crippen LogP contribution is -2.58. The van der Waals surface area contributed by atoms with Crippen molar-refractivity contribution in [3.8, 4) is 0 Å². The molecule has 0 saturated carbocycles. The summed E-state index contributed by atoms with van der Waals surface area (Å²) in [5.41, 5.74) is -5.15. The van der Waals surface area contributed by atoms with Crippen LogP contribution in [0, 0.1) is 0 Å². The van der Waals surface area contributed by atoms with Gasteiger partial charge in [-0.05, 0) is 25.3 Å². The first-order chi connectivity index (χ1) is 7.50. The van der Waals surface area contributed by atoms with Gasteiger partial charge in [0.15, 0.2) is 0 Å². The van der Waals surface area contributed by atoms with E-state index in [1.165, 1.54) is 0 Å². The molecule has 98 valence electrons. The Morgan fingerprint density at radius 2 is 1.41 bits per heavy atom. The molecule has 1 nitrogen and oxygen atoms in total. The fourth-order valence-corrected chi connectivity index (χ4v) is 1.57. The van der Waals surface area contributed by atoms with Crippen LogP contribution >= 0.6 is 0 Å². The van der Waals surface area contributed by atoms with Crippen LogP contribution in [0.15, 0.2) is 23.3 Å². The number of hydrogen-bond acceptors (Lipinski definition) is 1. The van der Waals surface area contributed by atoms with E-state index < -0.39 is 29.9 Å². The van der Waals surface area contributed by atoms with E-state index in [4.69, 9.17) is 5.11 Å². The third-order valence-electron chi connectivity index (χ3n) is 2.64. The smallest absolute Gasteiger partial charge is 0.370 e. The van der Waals surface area contributed by atoms with Gasteiger partial charge >= 0.3 is 12.4 Å². The maximum absolute atomic E-state index is 12.5. The highest BCUT2D eigenvalue weighted by atomic mass is 19.4. The Labute approximate surface area is 93.4 Å². The fraction of sp³-hybridized carbons (Fsp3) is 0.600. The molecule has 1 aliphatic carbocycles. The molecule has 0 heterocycles. The van der Waals surface area contributed by atoms with Gasteiger partial charge in [0.1, 0.15) is 0 Å². The maximum atomic E-state index is 12.5. The van der Waals surface area contributed by atoms with Crippen molar-refractivity contribution in [3.05, 3.63) is 23.3 Å². The fourth-order valence-electron chi connectivity index (χ4n) is 1.57. The van der Waals surface area contributed by atoms with Crippen LogP contribution in [0.5, 0.6) is 0 Å². The molecule has 0 saturated heterocycles. The van der Waals surface area contributed by atoms with Crippen LogP contribution in [0.4, 0.5) is 26.3 Å². The number of aliphatic hydroxyl groups is 1. The van der Waals surface area contributed by atoms with Crippen LogP contribution in [0.1, 0.15) is 19.8 Å². The van der Waals surface area contributed by atoms with Crippen molar-refractivity contribution in [1.29, 1.82) is 0 Å². The molecule has 0 aromatic rings. The van der Waals surface area contributed by atoms with Gasteiger partial charge < -0.3 is 5.11 Å². The van der Waals surface area contributed by atoms with Crippen LogP contribution in [-0.2, 0) is 0 Å². The quantitative estimate of drug-likeness (QED) is 0.715. The molecule has 0 amide bonds. The summed E-state index contributed by atoms with van der Waals surface area (Å²) in [5, 5.41) is 9.05. The molecule has 0 aromatic heterocycles. The summed E-state index contributed by atoms with van der Waals surface area (Å²) in [6, 6.07) is 0. The molecule has 1 N–H and O–H groups in total. The maximum Gasteiger partial charge on any atom is 0.430 e. The number of hydrogen-bond donors (Lipinski definition) is 1. The molecule has 0 spiro atoms. The minimum atomic E-state index is -5.78. The number of halogens is 6. The van der Waals surface area contributed by atoms with Crippen molar-refractivity contribution in [2.45, 2.75) is 37.7 Å². The largest absolute Gasteiger partial charge is 0.430 e. The van der Waals surface area contributed by atoms with E-state index in [1.54, 1.807) is 6.92 Å². The second-order valence-electron chi connectivity index (χ2n) is 3.91. The van der Waals surface area contributed by atoms with Crippen LogP contribution < -0.4 is 0 Å². The molecule has 7 heteroatoms. The number of alkyl halides is 6. The standard InChI is InChI=1S/C10H10F6O/c1-6-2-4-7(5-3-6)8(17,9(11,12)13)10(14,15)16/h2,4,17H,3,5H2,1H3. The van der Waals surface area contributed by atoms with Crippen molar-refractivity contribution < 1.29 is 31.4 Å². The molecule has 17 heavy (non-hydrogen) atoms. The van der Waals surface area contributed by atoms with Crippen LogP contribution in [0.3, 0.4) is 0 Å². The third-order valence-corrected chi connectivity index (χ3v) is 2.64. The summed E-state index contributed by atoms with van der Waals surface area (Å²) in [6.07, 6.45) is -10.1. The minimum absolute atomic E-state index is 0.0697. The van der Waals surface area contributed by atoms with Crippen molar-refractivity contribution in [2.75, 3.05) is 0 Å². The molecule has 0 unspecified atom stereocenters. The van der Waals surface area contributed by atoms with Gasteiger partial charge in [0, 0.05) is 0 Å². The third kappa shape index (κ3) is 2.34. The van der Waals surface area contributed by atoms with Crippen LogP contribution in [-0.4, -0.2) is 23.1 Å². The molecule has 1 aliphatic rings. The lowest BCUT2D eigenvalue weighted by Gasteiger charge is -2.35. The molecule has 0 atom stereocenters. The van der Waals surface area contributed by atoms with E-state index in [-0.39, 0.29) is 6.42 Å². The van der Waals surface area contributed by atoms with Gasteiger partial charge in [-0.2, -0.15) is 26.3 Å². The highest BCUT2D eigenvalue weighted by Gasteiger charge is 2.71. The summed E-state index contributed by atoms with van der Waals surface area (Å²) in [7, 11) is 0. The average molecular weight is 260 g/mol. The van der Waals surface area contributed by atoms with Gasteiger partial charge in [-0.1, -0.05) is 17.7 Å². The Morgan fingerprint density at radius 1 is 0.941 bits per heavy atom. The zero-order valence-corrected chi connectivity index (χ0v) is 8.78. The molecular weight excluding hydrogens is 250 g/mol. The Hall–Kier alpha value is -0.980. The topological polar surface area (TPSA) is 20.2 Å². The molecule has 0 bridgehead atoms. The van der Waals surface area contributed by atoms with Crippen LogP contribution in [0.25, 0.3) is 0 Å². The van der Waals surface area contributed by atoms with Gasteiger partial charge in [0.05, 0.1) is 0 Å². The summed E-state index contributed by atoms with van der Waals surface area (Å²) in [5.74, 6) is 0. The summed E-state index contributed by atoms with van der Waals surface area (Å²) >= 11 is 0. The molecule has 0 radical (unpaired) electrons. The van der Waals surface area contributed by atoms with Crippen molar-refractivity contribution in [2.24, 2.45) is 0 Å². The Balaban J connectivity index is 3.28. The molecular formula is C10H10F6O. The zero-order chi connectivity index (χ0) is 13.5. The Kier molecular flexibility index (Phi) is 3.35. The predicted octanol–water partition coefficient (Wildman–Crippen LogP) is 3.51. The number of allylic oxidation sites excluding steroid dienone is 3. The second kappa shape index (κ2) is 4.04. The van der Waals surface area contributed by atoms with Crippen molar-refractivity contribution >= 4 is 0 Å². The van der Waals surface area contributed by atoms with Crippen molar-refractivity contribution in [1.82, 2.24) is 0 Å². The Bertz CT molecular complexity index is 346. The van der Waals surface area contributed by atoms with E-state index in [2.05, 4.69) is 0 Å². The number of rotatable bonds is 1. The summed E-state index contributed by atoms with van der Waals surface area (Å²) in [4.78, 5) is 0. The van der Waals surface area contributed by atoms with E-state index >= 15 is 0 Å². The monoisotopic (exact) mass is 260 g/mol. The van der Waals surface area contributed by atoms with Gasteiger partial charge in [-0.15, -0.1) is 0 Å².